The van der Waals surface area contributed by atoms with Crippen LogP contribution in [0.2, 0.25) is 0 Å². The van der Waals surface area contributed by atoms with Gasteiger partial charge in [-0.3, -0.25) is 19.3 Å². The number of anilines is 1. The summed E-state index contributed by atoms with van der Waals surface area (Å²) in [6.45, 7) is 7.57. The van der Waals surface area contributed by atoms with E-state index in [0.29, 0.717) is 28.3 Å². The molecular weight excluding hydrogens is 474 g/mol. The summed E-state index contributed by atoms with van der Waals surface area (Å²) in [7, 11) is 1.56. The molecule has 2 aromatic carbocycles. The second-order valence-electron chi connectivity index (χ2n) is 9.16. The summed E-state index contributed by atoms with van der Waals surface area (Å²) in [4.78, 5) is 41.9. The molecule has 0 spiro atoms. The molecule has 0 unspecified atom stereocenters. The molecule has 2 N–H and O–H groups in total. The van der Waals surface area contributed by atoms with Crippen LogP contribution in [-0.4, -0.2) is 36.9 Å². The third kappa shape index (κ3) is 6.73. The van der Waals surface area contributed by atoms with Gasteiger partial charge in [0.05, 0.1) is 18.5 Å². The lowest BCUT2D eigenvalue weighted by Crippen LogP contribution is -2.52. The Hall–Kier alpha value is -3.65. The van der Waals surface area contributed by atoms with E-state index in [2.05, 4.69) is 10.6 Å². The third-order valence-electron chi connectivity index (χ3n) is 6.01. The molecule has 0 radical (unpaired) electrons. The van der Waals surface area contributed by atoms with E-state index in [1.54, 1.807) is 48.9 Å². The topological polar surface area (TPSA) is 87.7 Å². The summed E-state index contributed by atoms with van der Waals surface area (Å²) < 4.78 is 5.28. The molecule has 0 bridgehead atoms. The van der Waals surface area contributed by atoms with Gasteiger partial charge in [0.1, 0.15) is 11.8 Å². The van der Waals surface area contributed by atoms with Crippen molar-refractivity contribution in [3.05, 3.63) is 82.0 Å². The number of nitrogens with one attached hydrogen (secondary N) is 2. The fourth-order valence-electron chi connectivity index (χ4n) is 3.57. The molecule has 1 heterocycles. The van der Waals surface area contributed by atoms with Crippen molar-refractivity contribution in [1.82, 2.24) is 10.6 Å². The van der Waals surface area contributed by atoms with Crippen LogP contribution < -0.4 is 20.3 Å². The highest BCUT2D eigenvalue weighted by molar-refractivity contribution is 7.12. The van der Waals surface area contributed by atoms with E-state index >= 15 is 0 Å². The van der Waals surface area contributed by atoms with Gasteiger partial charge >= 0.3 is 0 Å². The molecule has 0 saturated heterocycles. The Morgan fingerprint density at radius 2 is 1.69 bits per heavy atom. The molecule has 0 aliphatic rings. The SMILES string of the molecule is CCC(C)(C)NC(=O)[C@H](c1ccc(C)cc1)N(C(=O)CNC(=O)c1cccs1)c1ccc(OC)cc1. The molecule has 8 heteroatoms. The number of ether oxygens (including phenoxy) is 1. The lowest BCUT2D eigenvalue weighted by molar-refractivity contribution is -0.127. The number of methoxy groups -OCH3 is 1. The number of amides is 3. The average molecular weight is 508 g/mol. The van der Waals surface area contributed by atoms with Gasteiger partial charge in [0.25, 0.3) is 5.91 Å². The first kappa shape index (κ1) is 26.9. The number of hydrogen-bond acceptors (Lipinski definition) is 5. The van der Waals surface area contributed by atoms with Crippen LogP contribution in [-0.2, 0) is 9.59 Å². The third-order valence-corrected chi connectivity index (χ3v) is 6.88. The maximum absolute atomic E-state index is 13.8. The molecule has 0 aliphatic carbocycles. The maximum atomic E-state index is 13.8. The minimum Gasteiger partial charge on any atom is -0.497 e. The first-order valence-electron chi connectivity index (χ1n) is 11.8. The molecule has 36 heavy (non-hydrogen) atoms. The van der Waals surface area contributed by atoms with E-state index in [0.717, 1.165) is 5.56 Å². The van der Waals surface area contributed by atoms with E-state index in [4.69, 9.17) is 4.74 Å². The molecule has 0 aliphatic heterocycles. The molecule has 3 rings (SSSR count). The summed E-state index contributed by atoms with van der Waals surface area (Å²) in [5.41, 5.74) is 1.75. The molecule has 3 aromatic rings. The van der Waals surface area contributed by atoms with Crippen molar-refractivity contribution in [3.63, 3.8) is 0 Å². The standard InChI is InChI=1S/C28H33N3O4S/c1-6-28(3,4)30-27(34)25(20-11-9-19(2)10-12-20)31(21-13-15-22(35-5)16-14-21)24(32)18-29-26(33)23-8-7-17-36-23/h7-17,25H,6,18H2,1-5H3,(H,29,33)(H,30,34)/t25-/m0/s1. The molecule has 0 saturated carbocycles. The van der Waals surface area contributed by atoms with Gasteiger partial charge in [0, 0.05) is 11.2 Å². The number of rotatable bonds is 10. The van der Waals surface area contributed by atoms with E-state index in [1.807, 2.05) is 52.0 Å². The van der Waals surface area contributed by atoms with Crippen LogP contribution >= 0.6 is 11.3 Å². The molecule has 7 nitrogen and oxygen atoms in total. The van der Waals surface area contributed by atoms with Gasteiger partial charge in [-0.2, -0.15) is 0 Å². The molecule has 3 amide bonds. The number of aryl methyl sites for hydroxylation is 1. The summed E-state index contributed by atoms with van der Waals surface area (Å²) >= 11 is 1.29. The lowest BCUT2D eigenvalue weighted by Gasteiger charge is -2.34. The van der Waals surface area contributed by atoms with E-state index in [1.165, 1.54) is 16.2 Å². The van der Waals surface area contributed by atoms with Crippen LogP contribution in [0.5, 0.6) is 5.75 Å². The monoisotopic (exact) mass is 507 g/mol. The largest absolute Gasteiger partial charge is 0.497 e. The highest BCUT2D eigenvalue weighted by Crippen LogP contribution is 2.30. The Morgan fingerprint density at radius 1 is 1.03 bits per heavy atom. The summed E-state index contributed by atoms with van der Waals surface area (Å²) in [6.07, 6.45) is 0.715. The van der Waals surface area contributed by atoms with Crippen LogP contribution in [0, 0.1) is 6.92 Å². The second kappa shape index (κ2) is 11.9. The Kier molecular flexibility index (Phi) is 8.88. The summed E-state index contributed by atoms with van der Waals surface area (Å²) in [6, 6.07) is 17.0. The van der Waals surface area contributed by atoms with Gasteiger partial charge in [-0.15, -0.1) is 11.3 Å². The Morgan fingerprint density at radius 3 is 2.25 bits per heavy atom. The van der Waals surface area contributed by atoms with Crippen molar-refractivity contribution in [2.24, 2.45) is 0 Å². The predicted molar refractivity (Wildman–Crippen MR) is 144 cm³/mol. The van der Waals surface area contributed by atoms with E-state index in [-0.39, 0.29) is 18.4 Å². The zero-order chi connectivity index (χ0) is 26.3. The summed E-state index contributed by atoms with van der Waals surface area (Å²) in [5.74, 6) is -0.434. The number of carbonyl (C=O) groups excluding carboxylic acids is 3. The highest BCUT2D eigenvalue weighted by atomic mass is 32.1. The first-order valence-corrected chi connectivity index (χ1v) is 12.7. The van der Waals surface area contributed by atoms with E-state index in [9.17, 15) is 14.4 Å². The Labute approximate surface area is 216 Å². The zero-order valence-corrected chi connectivity index (χ0v) is 22.1. The fourth-order valence-corrected chi connectivity index (χ4v) is 4.21. The number of nitrogens with zero attached hydrogens (tertiary/aromatic N) is 1. The maximum Gasteiger partial charge on any atom is 0.261 e. The first-order chi connectivity index (χ1) is 17.1. The molecule has 1 atom stereocenters. The smallest absolute Gasteiger partial charge is 0.261 e. The molecule has 1 aromatic heterocycles. The van der Waals surface area contributed by atoms with Gasteiger partial charge < -0.3 is 15.4 Å². The van der Waals surface area contributed by atoms with Gasteiger partial charge in [0.2, 0.25) is 11.8 Å². The van der Waals surface area contributed by atoms with Gasteiger partial charge in [-0.1, -0.05) is 42.8 Å². The predicted octanol–water partition coefficient (Wildman–Crippen LogP) is 4.87. The van der Waals surface area contributed by atoms with E-state index < -0.39 is 17.5 Å². The van der Waals surface area contributed by atoms with Gasteiger partial charge in [0.15, 0.2) is 0 Å². The van der Waals surface area contributed by atoms with Crippen molar-refractivity contribution in [1.29, 1.82) is 0 Å². The van der Waals surface area contributed by atoms with Crippen LogP contribution in [0.3, 0.4) is 0 Å². The van der Waals surface area contributed by atoms with Crippen LogP contribution in [0.15, 0.2) is 66.0 Å². The lowest BCUT2D eigenvalue weighted by atomic mass is 9.97. The number of carbonyl (C=O) groups is 3. The van der Waals surface area contributed by atoms with Gasteiger partial charge in [-0.05, 0) is 68.5 Å². The van der Waals surface area contributed by atoms with Crippen molar-refractivity contribution < 1.29 is 19.1 Å². The zero-order valence-electron chi connectivity index (χ0n) is 21.3. The Bertz CT molecular complexity index is 1170. The molecular formula is C28H33N3O4S. The summed E-state index contributed by atoms with van der Waals surface area (Å²) in [5, 5.41) is 7.59. The quantitative estimate of drug-likeness (QED) is 0.410. The molecule has 0 fully saturated rings. The molecule has 190 valence electrons. The second-order valence-corrected chi connectivity index (χ2v) is 10.1. The van der Waals surface area contributed by atoms with Crippen molar-refractivity contribution in [2.75, 3.05) is 18.6 Å². The van der Waals surface area contributed by atoms with Crippen molar-refractivity contribution in [3.8, 4) is 5.75 Å². The minimum atomic E-state index is -0.948. The highest BCUT2D eigenvalue weighted by Gasteiger charge is 2.35. The number of thiophene rings is 1. The normalized spacial score (nSPS) is 11.9. The van der Waals surface area contributed by atoms with Crippen LogP contribution in [0.25, 0.3) is 0 Å². The van der Waals surface area contributed by atoms with Crippen LogP contribution in [0.4, 0.5) is 5.69 Å². The Balaban J connectivity index is 2.03. The number of benzene rings is 2. The van der Waals surface area contributed by atoms with Crippen molar-refractivity contribution >= 4 is 34.7 Å². The minimum absolute atomic E-state index is 0.268. The average Bonchev–Trinajstić information content (AvgIpc) is 3.41. The van der Waals surface area contributed by atoms with Gasteiger partial charge in [-0.25, -0.2) is 0 Å². The van der Waals surface area contributed by atoms with Crippen LogP contribution in [0.1, 0.15) is 54.0 Å². The fraction of sp³-hybridized carbons (Fsp3) is 0.321. The number of hydrogen-bond donors (Lipinski definition) is 2. The van der Waals surface area contributed by atoms with Crippen molar-refractivity contribution in [2.45, 2.75) is 45.7 Å².